The molecule has 1 rings (SSSR count). The third-order valence-corrected chi connectivity index (χ3v) is 3.43. The summed E-state index contributed by atoms with van der Waals surface area (Å²) in [5, 5.41) is 7.41. The van der Waals surface area contributed by atoms with Gasteiger partial charge in [-0.1, -0.05) is 6.92 Å². The van der Waals surface area contributed by atoms with Crippen molar-refractivity contribution >= 4 is 28.6 Å². The van der Waals surface area contributed by atoms with Gasteiger partial charge in [0, 0.05) is 12.7 Å². The van der Waals surface area contributed by atoms with Gasteiger partial charge in [0.1, 0.15) is 5.54 Å². The minimum Gasteiger partial charge on any atom is -0.468 e. The SMILES string of the molecule is CCNC(C)(CCCn1cc(I)cn1)C(=O)OC. The molecular formula is C12H20IN3O2. The van der Waals surface area contributed by atoms with Crippen molar-refractivity contribution in [3.63, 3.8) is 0 Å². The number of esters is 1. The molecule has 1 heterocycles. The summed E-state index contributed by atoms with van der Waals surface area (Å²) in [7, 11) is 1.42. The van der Waals surface area contributed by atoms with Crippen molar-refractivity contribution in [2.24, 2.45) is 0 Å². The topological polar surface area (TPSA) is 56.2 Å². The van der Waals surface area contributed by atoms with E-state index < -0.39 is 5.54 Å². The molecule has 0 aliphatic heterocycles. The molecular weight excluding hydrogens is 345 g/mol. The van der Waals surface area contributed by atoms with E-state index in [0.717, 1.165) is 29.5 Å². The van der Waals surface area contributed by atoms with Crippen LogP contribution in [0.3, 0.4) is 0 Å². The van der Waals surface area contributed by atoms with E-state index in [9.17, 15) is 4.79 Å². The van der Waals surface area contributed by atoms with E-state index >= 15 is 0 Å². The van der Waals surface area contributed by atoms with E-state index in [1.54, 1.807) is 0 Å². The molecule has 6 heteroatoms. The number of nitrogens with one attached hydrogen (secondary N) is 1. The first kappa shape index (κ1) is 15.4. The van der Waals surface area contributed by atoms with Crippen LogP contribution < -0.4 is 5.32 Å². The van der Waals surface area contributed by atoms with Crippen LogP contribution in [0.15, 0.2) is 12.4 Å². The summed E-state index contributed by atoms with van der Waals surface area (Å²) >= 11 is 2.23. The Hall–Kier alpha value is -0.630. The van der Waals surface area contributed by atoms with Crippen LogP contribution in [0.25, 0.3) is 0 Å². The largest absolute Gasteiger partial charge is 0.468 e. The highest BCUT2D eigenvalue weighted by Crippen LogP contribution is 2.15. The quantitative estimate of drug-likeness (QED) is 0.592. The van der Waals surface area contributed by atoms with Crippen LogP contribution in [0.5, 0.6) is 0 Å². The lowest BCUT2D eigenvalue weighted by atomic mass is 9.96. The number of hydrogen-bond donors (Lipinski definition) is 1. The Balaban J connectivity index is 2.49. The molecule has 102 valence electrons. The van der Waals surface area contributed by atoms with E-state index in [2.05, 4.69) is 33.0 Å². The van der Waals surface area contributed by atoms with Crippen LogP contribution in [0, 0.1) is 3.57 Å². The molecule has 0 fully saturated rings. The molecule has 0 aliphatic carbocycles. The zero-order valence-corrected chi connectivity index (χ0v) is 13.2. The van der Waals surface area contributed by atoms with Gasteiger partial charge < -0.3 is 10.1 Å². The first-order valence-electron chi connectivity index (χ1n) is 6.03. The minimum atomic E-state index is -0.607. The molecule has 18 heavy (non-hydrogen) atoms. The third kappa shape index (κ3) is 4.24. The molecule has 0 radical (unpaired) electrons. The Labute approximate surface area is 121 Å². The lowest BCUT2D eigenvalue weighted by Crippen LogP contribution is -2.50. The molecule has 0 saturated heterocycles. The molecule has 0 aliphatic rings. The molecule has 1 aromatic rings. The van der Waals surface area contributed by atoms with Gasteiger partial charge in [0.25, 0.3) is 0 Å². The zero-order valence-electron chi connectivity index (χ0n) is 11.1. The highest BCUT2D eigenvalue weighted by molar-refractivity contribution is 14.1. The molecule has 0 amide bonds. The molecule has 1 N–H and O–H groups in total. The Morgan fingerprint density at radius 3 is 2.89 bits per heavy atom. The fourth-order valence-electron chi connectivity index (χ4n) is 1.93. The number of ether oxygens (including phenoxy) is 1. The second kappa shape index (κ2) is 7.08. The van der Waals surface area contributed by atoms with Crippen molar-refractivity contribution in [2.45, 2.75) is 38.8 Å². The molecule has 1 atom stereocenters. The monoisotopic (exact) mass is 365 g/mol. The smallest absolute Gasteiger partial charge is 0.325 e. The van der Waals surface area contributed by atoms with Crippen LogP contribution in [0.2, 0.25) is 0 Å². The van der Waals surface area contributed by atoms with Crippen molar-refractivity contribution in [2.75, 3.05) is 13.7 Å². The third-order valence-electron chi connectivity index (χ3n) is 2.87. The normalized spacial score (nSPS) is 14.2. The summed E-state index contributed by atoms with van der Waals surface area (Å²) < 4.78 is 7.86. The number of halogens is 1. The summed E-state index contributed by atoms with van der Waals surface area (Å²) in [6, 6.07) is 0. The summed E-state index contributed by atoms with van der Waals surface area (Å²) in [6.45, 7) is 5.42. The van der Waals surface area contributed by atoms with E-state index in [-0.39, 0.29) is 5.97 Å². The lowest BCUT2D eigenvalue weighted by Gasteiger charge is -2.27. The van der Waals surface area contributed by atoms with Gasteiger partial charge in [-0.2, -0.15) is 5.10 Å². The summed E-state index contributed by atoms with van der Waals surface area (Å²) in [5.41, 5.74) is -0.607. The van der Waals surface area contributed by atoms with Gasteiger partial charge in [0.15, 0.2) is 0 Å². The molecule has 1 aromatic heterocycles. The Bertz CT molecular complexity index is 394. The zero-order chi connectivity index (χ0) is 13.6. The van der Waals surface area contributed by atoms with Crippen LogP contribution in [-0.2, 0) is 16.1 Å². The van der Waals surface area contributed by atoms with Crippen molar-refractivity contribution in [3.05, 3.63) is 16.0 Å². The minimum absolute atomic E-state index is 0.209. The van der Waals surface area contributed by atoms with Crippen molar-refractivity contribution in [3.8, 4) is 0 Å². The van der Waals surface area contributed by atoms with Crippen molar-refractivity contribution in [1.82, 2.24) is 15.1 Å². The second-order valence-electron chi connectivity index (χ2n) is 4.38. The number of carbonyl (C=O) groups excluding carboxylic acids is 1. The Kier molecular flexibility index (Phi) is 6.07. The van der Waals surface area contributed by atoms with Gasteiger partial charge in [0.2, 0.25) is 0 Å². The molecule has 0 saturated carbocycles. The number of aryl methyl sites for hydroxylation is 1. The second-order valence-corrected chi connectivity index (χ2v) is 5.62. The van der Waals surface area contributed by atoms with E-state index in [1.165, 1.54) is 7.11 Å². The maximum absolute atomic E-state index is 11.8. The van der Waals surface area contributed by atoms with Crippen LogP contribution >= 0.6 is 22.6 Å². The predicted octanol–water partition coefficient (Wildman–Crippen LogP) is 1.81. The van der Waals surface area contributed by atoms with Gasteiger partial charge in [-0.05, 0) is 48.9 Å². The number of rotatable bonds is 7. The van der Waals surface area contributed by atoms with Gasteiger partial charge in [-0.15, -0.1) is 0 Å². The van der Waals surface area contributed by atoms with Crippen molar-refractivity contribution in [1.29, 1.82) is 0 Å². The molecule has 0 aromatic carbocycles. The van der Waals surface area contributed by atoms with E-state index in [1.807, 2.05) is 30.9 Å². The predicted molar refractivity (Wildman–Crippen MR) is 78.3 cm³/mol. The summed E-state index contributed by atoms with van der Waals surface area (Å²) in [4.78, 5) is 11.8. The first-order valence-corrected chi connectivity index (χ1v) is 7.11. The highest BCUT2D eigenvalue weighted by atomic mass is 127. The molecule has 1 unspecified atom stereocenters. The fraction of sp³-hybridized carbons (Fsp3) is 0.667. The number of nitrogens with zero attached hydrogens (tertiary/aromatic N) is 2. The van der Waals surface area contributed by atoms with E-state index in [4.69, 9.17) is 4.74 Å². The average molecular weight is 365 g/mol. The lowest BCUT2D eigenvalue weighted by molar-refractivity contribution is -0.148. The Morgan fingerprint density at radius 1 is 1.67 bits per heavy atom. The average Bonchev–Trinajstić information content (AvgIpc) is 2.74. The summed E-state index contributed by atoms with van der Waals surface area (Å²) in [6.07, 6.45) is 5.41. The fourth-order valence-corrected chi connectivity index (χ4v) is 2.38. The number of likely N-dealkylation sites (N-methyl/N-ethyl adjacent to an activating group) is 1. The molecule has 0 spiro atoms. The van der Waals surface area contributed by atoms with E-state index in [0.29, 0.717) is 0 Å². The van der Waals surface area contributed by atoms with Gasteiger partial charge in [0.05, 0.1) is 16.9 Å². The number of carbonyl (C=O) groups is 1. The number of methoxy groups -OCH3 is 1. The Morgan fingerprint density at radius 2 is 2.39 bits per heavy atom. The molecule has 5 nitrogen and oxygen atoms in total. The van der Waals surface area contributed by atoms with Gasteiger partial charge in [-0.25, -0.2) is 0 Å². The van der Waals surface area contributed by atoms with Gasteiger partial charge >= 0.3 is 5.97 Å². The highest BCUT2D eigenvalue weighted by Gasteiger charge is 2.32. The van der Waals surface area contributed by atoms with Crippen LogP contribution in [-0.4, -0.2) is 34.9 Å². The maximum Gasteiger partial charge on any atom is 0.325 e. The number of hydrogen-bond acceptors (Lipinski definition) is 4. The molecule has 0 bridgehead atoms. The van der Waals surface area contributed by atoms with Crippen molar-refractivity contribution < 1.29 is 9.53 Å². The number of aromatic nitrogens is 2. The van der Waals surface area contributed by atoms with Crippen LogP contribution in [0.4, 0.5) is 0 Å². The van der Waals surface area contributed by atoms with Gasteiger partial charge in [-0.3, -0.25) is 9.48 Å². The first-order chi connectivity index (χ1) is 8.51. The standard InChI is InChI=1S/C12H20IN3O2/c1-4-14-12(2,11(17)18-3)6-5-7-16-9-10(13)8-15-16/h8-9,14H,4-7H2,1-3H3. The van der Waals surface area contributed by atoms with Crippen LogP contribution in [0.1, 0.15) is 26.7 Å². The summed E-state index contributed by atoms with van der Waals surface area (Å²) in [5.74, 6) is -0.209. The maximum atomic E-state index is 11.8.